The number of rotatable bonds is 6. The maximum atomic E-state index is 6.54. The number of oxazole rings is 1. The van der Waals surface area contributed by atoms with Crippen LogP contribution in [-0.2, 0) is 6.42 Å². The molecule has 1 unspecified atom stereocenters. The molecule has 0 aliphatic heterocycles. The number of likely N-dealkylation sites (N-methyl/N-ethyl adjacent to an activating group) is 1. The first-order valence-corrected chi connectivity index (χ1v) is 10.2. The van der Waals surface area contributed by atoms with E-state index in [-0.39, 0.29) is 0 Å². The van der Waals surface area contributed by atoms with Gasteiger partial charge < -0.3 is 9.32 Å². The number of hydrogen-bond donors (Lipinski definition) is 0. The van der Waals surface area contributed by atoms with Gasteiger partial charge in [0.2, 0.25) is 5.71 Å². The van der Waals surface area contributed by atoms with Crippen molar-refractivity contribution in [2.75, 3.05) is 7.05 Å². The van der Waals surface area contributed by atoms with Crippen molar-refractivity contribution in [3.8, 4) is 11.3 Å². The van der Waals surface area contributed by atoms with Gasteiger partial charge in [-0.1, -0.05) is 30.7 Å². The van der Waals surface area contributed by atoms with Crippen LogP contribution in [0, 0.1) is 20.8 Å². The van der Waals surface area contributed by atoms with Gasteiger partial charge in [-0.3, -0.25) is 0 Å². The minimum atomic E-state index is 0.515. The second kappa shape index (κ2) is 6.99. The van der Waals surface area contributed by atoms with E-state index in [4.69, 9.17) is 21.1 Å². The summed E-state index contributed by atoms with van der Waals surface area (Å²) in [5.74, 6) is 0.855. The maximum absolute atomic E-state index is 6.54. The highest BCUT2D eigenvalue weighted by molar-refractivity contribution is 6.33. The molecule has 0 N–H and O–H groups in total. The zero-order valence-electron chi connectivity index (χ0n) is 16.8. The molecule has 4 rings (SSSR count). The normalized spacial score (nSPS) is 15.8. The number of aromatic nitrogens is 2. The van der Waals surface area contributed by atoms with Crippen LogP contribution in [0.4, 0.5) is 0 Å². The predicted molar refractivity (Wildman–Crippen MR) is 111 cm³/mol. The Morgan fingerprint density at radius 2 is 2.04 bits per heavy atom. The Bertz CT molecular complexity index is 983. The van der Waals surface area contributed by atoms with Gasteiger partial charge in [-0.25, -0.2) is 0 Å². The predicted octanol–water partition coefficient (Wildman–Crippen LogP) is 5.59. The molecule has 27 heavy (non-hydrogen) atoms. The molecular formula is C22H28ClN3O. The summed E-state index contributed by atoms with van der Waals surface area (Å²) in [5.41, 5.74) is 6.18. The van der Waals surface area contributed by atoms with Crippen LogP contribution < -0.4 is 0 Å². The summed E-state index contributed by atoms with van der Waals surface area (Å²) in [6, 6.07) is 7.39. The van der Waals surface area contributed by atoms with E-state index in [1.807, 2.05) is 24.4 Å². The first-order valence-electron chi connectivity index (χ1n) is 9.86. The summed E-state index contributed by atoms with van der Waals surface area (Å²) in [6.07, 6.45) is 4.74. The Hall–Kier alpha value is -1.78. The molecule has 0 bridgehead atoms. The number of halogens is 1. The van der Waals surface area contributed by atoms with Crippen LogP contribution in [0.1, 0.15) is 48.8 Å². The lowest BCUT2D eigenvalue weighted by atomic mass is 10.0. The topological polar surface area (TPSA) is 33.7 Å². The van der Waals surface area contributed by atoms with E-state index in [2.05, 4.69) is 37.9 Å². The molecule has 0 spiro atoms. The van der Waals surface area contributed by atoms with E-state index >= 15 is 0 Å². The maximum Gasteiger partial charge on any atom is 0.225 e. The molecule has 2 aromatic heterocycles. The van der Waals surface area contributed by atoms with E-state index in [1.165, 1.54) is 18.4 Å². The second-order valence-electron chi connectivity index (χ2n) is 7.93. The molecule has 3 aromatic rings. The van der Waals surface area contributed by atoms with Gasteiger partial charge in [0.15, 0.2) is 0 Å². The Labute approximate surface area is 166 Å². The van der Waals surface area contributed by atoms with Gasteiger partial charge in [0.25, 0.3) is 0 Å². The number of aryl methyl sites for hydroxylation is 3. The lowest BCUT2D eigenvalue weighted by molar-refractivity contribution is 0.224. The minimum absolute atomic E-state index is 0.515. The zero-order valence-corrected chi connectivity index (χ0v) is 17.6. The molecule has 0 radical (unpaired) electrons. The van der Waals surface area contributed by atoms with Crippen molar-refractivity contribution >= 4 is 17.3 Å². The highest BCUT2D eigenvalue weighted by atomic mass is 35.5. The van der Waals surface area contributed by atoms with Crippen molar-refractivity contribution in [1.82, 2.24) is 14.5 Å². The molecule has 1 aliphatic carbocycles. The lowest BCUT2D eigenvalue weighted by Gasteiger charge is -2.26. The fourth-order valence-electron chi connectivity index (χ4n) is 4.08. The van der Waals surface area contributed by atoms with Crippen molar-refractivity contribution < 1.29 is 4.42 Å². The average Bonchev–Trinajstić information content (AvgIpc) is 3.37. The largest absolute Gasteiger partial charge is 0.441 e. The molecular weight excluding hydrogens is 358 g/mol. The van der Waals surface area contributed by atoms with E-state index in [1.54, 1.807) is 0 Å². The molecule has 1 aliphatic rings. The van der Waals surface area contributed by atoms with Crippen molar-refractivity contribution in [2.24, 2.45) is 0 Å². The summed E-state index contributed by atoms with van der Waals surface area (Å²) < 4.78 is 8.16. The van der Waals surface area contributed by atoms with Crippen LogP contribution in [0.15, 0.2) is 22.6 Å². The standard InChI is InChI=1S/C22H28ClN3O/c1-6-16(25(5)17-8-9-17)12-19-14(3)24-26-21(15(4)27-22(19)26)18-10-7-13(2)11-20(18)23/h7,10-11,16-17H,6,8-9,12H2,1-5H3. The zero-order chi connectivity index (χ0) is 19.3. The molecule has 144 valence electrons. The fraction of sp³-hybridized carbons (Fsp3) is 0.500. The molecule has 1 aromatic carbocycles. The Morgan fingerprint density at radius 3 is 2.67 bits per heavy atom. The number of hydrogen-bond acceptors (Lipinski definition) is 3. The Morgan fingerprint density at radius 1 is 1.30 bits per heavy atom. The molecule has 5 heteroatoms. The second-order valence-corrected chi connectivity index (χ2v) is 8.34. The number of benzene rings is 1. The van der Waals surface area contributed by atoms with Gasteiger partial charge in [0, 0.05) is 23.2 Å². The average molecular weight is 386 g/mol. The van der Waals surface area contributed by atoms with Gasteiger partial charge in [0.1, 0.15) is 11.5 Å². The summed E-state index contributed by atoms with van der Waals surface area (Å²) in [6.45, 7) is 8.39. The first-order chi connectivity index (χ1) is 12.9. The Kier molecular flexibility index (Phi) is 4.81. The highest BCUT2D eigenvalue weighted by Gasteiger charge is 2.32. The SMILES string of the molecule is CCC(Cc1c(C)nn2c(-c3ccc(C)cc3Cl)c(C)oc12)N(C)C1CC1. The molecule has 0 amide bonds. The third-order valence-corrected chi connectivity index (χ3v) is 6.23. The highest BCUT2D eigenvalue weighted by Crippen LogP contribution is 2.36. The molecule has 1 atom stereocenters. The lowest BCUT2D eigenvalue weighted by Crippen LogP contribution is -2.34. The summed E-state index contributed by atoms with van der Waals surface area (Å²) >= 11 is 6.54. The molecule has 0 saturated heterocycles. The summed E-state index contributed by atoms with van der Waals surface area (Å²) in [5, 5.41) is 5.56. The van der Waals surface area contributed by atoms with Crippen molar-refractivity contribution in [3.63, 3.8) is 0 Å². The van der Waals surface area contributed by atoms with E-state index in [9.17, 15) is 0 Å². The molecule has 1 fully saturated rings. The van der Waals surface area contributed by atoms with Crippen LogP contribution in [0.2, 0.25) is 5.02 Å². The van der Waals surface area contributed by atoms with E-state index < -0.39 is 0 Å². The number of fused-ring (bicyclic) bond motifs is 1. The summed E-state index contributed by atoms with van der Waals surface area (Å²) in [4.78, 5) is 2.54. The van der Waals surface area contributed by atoms with Crippen LogP contribution in [0.25, 0.3) is 17.0 Å². The molecule has 1 saturated carbocycles. The van der Waals surface area contributed by atoms with Gasteiger partial charge in [-0.15, -0.1) is 0 Å². The summed E-state index contributed by atoms with van der Waals surface area (Å²) in [7, 11) is 2.26. The van der Waals surface area contributed by atoms with E-state index in [0.717, 1.165) is 57.9 Å². The van der Waals surface area contributed by atoms with Crippen molar-refractivity contribution in [2.45, 2.75) is 65.5 Å². The van der Waals surface area contributed by atoms with Crippen LogP contribution in [-0.4, -0.2) is 33.6 Å². The molecule has 4 nitrogen and oxygen atoms in total. The van der Waals surface area contributed by atoms with Crippen LogP contribution in [0.5, 0.6) is 0 Å². The Balaban J connectivity index is 1.77. The van der Waals surface area contributed by atoms with Gasteiger partial charge in [-0.2, -0.15) is 9.61 Å². The van der Waals surface area contributed by atoms with Gasteiger partial charge in [-0.05, 0) is 65.1 Å². The molecule has 2 heterocycles. The van der Waals surface area contributed by atoms with Crippen LogP contribution >= 0.6 is 11.6 Å². The van der Waals surface area contributed by atoms with Gasteiger partial charge in [0.05, 0.1) is 10.7 Å². The number of nitrogens with zero attached hydrogens (tertiary/aromatic N) is 3. The monoisotopic (exact) mass is 385 g/mol. The van der Waals surface area contributed by atoms with Gasteiger partial charge >= 0.3 is 0 Å². The van der Waals surface area contributed by atoms with Crippen molar-refractivity contribution in [3.05, 3.63) is 45.8 Å². The fourth-order valence-corrected chi connectivity index (χ4v) is 4.40. The van der Waals surface area contributed by atoms with Crippen LogP contribution in [0.3, 0.4) is 0 Å². The quantitative estimate of drug-likeness (QED) is 0.554. The minimum Gasteiger partial charge on any atom is -0.441 e. The smallest absolute Gasteiger partial charge is 0.225 e. The van der Waals surface area contributed by atoms with E-state index in [0.29, 0.717) is 6.04 Å². The third kappa shape index (κ3) is 3.30. The first kappa shape index (κ1) is 18.6. The van der Waals surface area contributed by atoms with Crippen molar-refractivity contribution in [1.29, 1.82) is 0 Å². The third-order valence-electron chi connectivity index (χ3n) is 5.92.